The topological polar surface area (TPSA) is 107 Å². The normalized spacial score (nSPS) is 20.3. The number of amides is 1. The first-order valence-electron chi connectivity index (χ1n) is 14.3. The van der Waals surface area contributed by atoms with Crippen molar-refractivity contribution in [3.05, 3.63) is 53.1 Å². The van der Waals surface area contributed by atoms with Gasteiger partial charge in [0.15, 0.2) is 23.0 Å². The number of aliphatic hydroxyl groups is 1. The molecule has 1 amide bonds. The Bertz CT molecular complexity index is 1290. The van der Waals surface area contributed by atoms with Gasteiger partial charge >= 0.3 is 0 Å². The molecule has 0 saturated carbocycles. The Morgan fingerprint density at radius 2 is 1.73 bits per heavy atom. The number of fused-ring (bicyclic) bond motifs is 1. The van der Waals surface area contributed by atoms with Crippen LogP contribution in [0.3, 0.4) is 0 Å². The molecule has 0 radical (unpaired) electrons. The van der Waals surface area contributed by atoms with Gasteiger partial charge < -0.3 is 33.7 Å². The van der Waals surface area contributed by atoms with E-state index in [9.17, 15) is 14.7 Å². The molecule has 3 heterocycles. The molecule has 1 unspecified atom stereocenters. The Balaban J connectivity index is 1.50. The third kappa shape index (κ3) is 6.28. The van der Waals surface area contributed by atoms with E-state index in [1.54, 1.807) is 42.3 Å². The molecule has 2 fully saturated rings. The number of hydrogen-bond donors (Lipinski definition) is 1. The number of benzene rings is 2. The number of carbonyl (C=O) groups is 2. The van der Waals surface area contributed by atoms with Gasteiger partial charge in [0.2, 0.25) is 0 Å². The van der Waals surface area contributed by atoms with E-state index in [0.29, 0.717) is 80.1 Å². The van der Waals surface area contributed by atoms with Crippen molar-refractivity contribution in [1.29, 1.82) is 0 Å². The summed E-state index contributed by atoms with van der Waals surface area (Å²) in [6, 6.07) is 9.60. The Hall–Kier alpha value is -3.76. The molecule has 3 aliphatic rings. The van der Waals surface area contributed by atoms with Gasteiger partial charge in [0.05, 0.1) is 38.5 Å². The van der Waals surface area contributed by atoms with Crippen molar-refractivity contribution in [3.8, 4) is 23.0 Å². The number of carbonyl (C=O) groups excluding carboxylic acids is 2. The maximum atomic E-state index is 13.5. The van der Waals surface area contributed by atoms with Gasteiger partial charge in [-0.2, -0.15) is 0 Å². The minimum atomic E-state index is -0.800. The van der Waals surface area contributed by atoms with Crippen LogP contribution in [0.25, 0.3) is 5.76 Å². The molecule has 3 aliphatic heterocycles. The number of hydrogen-bond acceptors (Lipinski definition) is 9. The second-order valence-electron chi connectivity index (χ2n) is 10.3. The first-order valence-corrected chi connectivity index (χ1v) is 14.3. The number of rotatable bonds is 11. The molecule has 5 rings (SSSR count). The zero-order valence-electron chi connectivity index (χ0n) is 23.7. The average Bonchev–Trinajstić information content (AvgIpc) is 3.26. The molecule has 2 aromatic rings. The van der Waals surface area contributed by atoms with Crippen LogP contribution in [0, 0.1) is 0 Å². The van der Waals surface area contributed by atoms with Crippen LogP contribution < -0.4 is 18.9 Å². The summed E-state index contributed by atoms with van der Waals surface area (Å²) in [6.45, 7) is 7.64. The molecule has 0 aliphatic carbocycles. The highest BCUT2D eigenvalue weighted by atomic mass is 16.6. The van der Waals surface area contributed by atoms with Crippen molar-refractivity contribution in [1.82, 2.24) is 9.80 Å². The van der Waals surface area contributed by atoms with E-state index in [-0.39, 0.29) is 11.3 Å². The van der Waals surface area contributed by atoms with Gasteiger partial charge in [0.1, 0.15) is 19.0 Å². The number of nitrogens with zero attached hydrogens (tertiary/aromatic N) is 2. The molecule has 0 aromatic heterocycles. The molecular weight excluding hydrogens is 528 g/mol. The van der Waals surface area contributed by atoms with Crippen LogP contribution in [-0.4, -0.2) is 92.9 Å². The van der Waals surface area contributed by atoms with E-state index in [2.05, 4.69) is 11.8 Å². The smallest absolute Gasteiger partial charge is 0.295 e. The number of methoxy groups -OCH3 is 1. The highest BCUT2D eigenvalue weighted by Gasteiger charge is 2.46. The summed E-state index contributed by atoms with van der Waals surface area (Å²) in [6.07, 6.45) is 2.58. The summed E-state index contributed by atoms with van der Waals surface area (Å²) >= 11 is 0. The number of aliphatic hydroxyl groups excluding tert-OH is 1. The Kier molecular flexibility index (Phi) is 9.31. The van der Waals surface area contributed by atoms with Gasteiger partial charge in [-0.25, -0.2) is 0 Å². The second-order valence-corrected chi connectivity index (χ2v) is 10.3. The quantitative estimate of drug-likeness (QED) is 0.188. The number of ketones is 1. The first-order chi connectivity index (χ1) is 20.0. The lowest BCUT2D eigenvalue weighted by atomic mass is 9.94. The van der Waals surface area contributed by atoms with Crippen molar-refractivity contribution in [2.45, 2.75) is 32.2 Å². The van der Waals surface area contributed by atoms with Crippen LogP contribution in [0.2, 0.25) is 0 Å². The fraction of sp³-hybridized carbons (Fsp3) is 0.484. The molecular formula is C31H38N2O8. The van der Waals surface area contributed by atoms with Crippen molar-refractivity contribution in [2.24, 2.45) is 0 Å². The molecule has 0 spiro atoms. The largest absolute Gasteiger partial charge is 0.507 e. The van der Waals surface area contributed by atoms with E-state index < -0.39 is 17.7 Å². The molecule has 10 heteroatoms. The molecule has 10 nitrogen and oxygen atoms in total. The van der Waals surface area contributed by atoms with Gasteiger partial charge in [-0.3, -0.25) is 14.5 Å². The molecule has 2 aromatic carbocycles. The number of morpholine rings is 1. The van der Waals surface area contributed by atoms with Crippen LogP contribution >= 0.6 is 0 Å². The van der Waals surface area contributed by atoms with Gasteiger partial charge in [0, 0.05) is 31.7 Å². The van der Waals surface area contributed by atoms with E-state index in [1.165, 1.54) is 0 Å². The maximum Gasteiger partial charge on any atom is 0.295 e. The third-order valence-corrected chi connectivity index (χ3v) is 7.59. The Morgan fingerprint density at radius 1 is 0.951 bits per heavy atom. The molecule has 1 N–H and O–H groups in total. The van der Waals surface area contributed by atoms with Crippen molar-refractivity contribution < 1.29 is 38.4 Å². The monoisotopic (exact) mass is 566 g/mol. The first kappa shape index (κ1) is 28.8. The molecule has 220 valence electrons. The summed E-state index contributed by atoms with van der Waals surface area (Å²) < 4.78 is 28.3. The van der Waals surface area contributed by atoms with Crippen LogP contribution in [-0.2, 0) is 14.3 Å². The SMILES string of the molecule is CCCCOc1ccc(C2/C(=C(\O)c3ccc4c(c3)OCCO4)C(=O)C(=O)N2CCCN2CCOCC2)cc1OC. The van der Waals surface area contributed by atoms with Crippen molar-refractivity contribution in [2.75, 3.05) is 66.3 Å². The predicted molar refractivity (Wildman–Crippen MR) is 152 cm³/mol. The van der Waals surface area contributed by atoms with Crippen LogP contribution in [0.5, 0.6) is 23.0 Å². The molecule has 1 atom stereocenters. The summed E-state index contributed by atoms with van der Waals surface area (Å²) in [5.74, 6) is 0.498. The molecule has 0 bridgehead atoms. The fourth-order valence-corrected chi connectivity index (χ4v) is 5.39. The Labute approximate surface area is 240 Å². The highest BCUT2D eigenvalue weighted by Crippen LogP contribution is 2.43. The zero-order valence-corrected chi connectivity index (χ0v) is 23.7. The summed E-state index contributed by atoms with van der Waals surface area (Å²) in [5, 5.41) is 11.5. The fourth-order valence-electron chi connectivity index (χ4n) is 5.39. The number of Topliss-reactive ketones (excluding diaryl/α,β-unsaturated/α-hetero) is 1. The van der Waals surface area contributed by atoms with Crippen molar-refractivity contribution >= 4 is 17.4 Å². The minimum Gasteiger partial charge on any atom is -0.507 e. The van der Waals surface area contributed by atoms with Gasteiger partial charge in [-0.05, 0) is 48.7 Å². The van der Waals surface area contributed by atoms with Crippen LogP contribution in [0.4, 0.5) is 0 Å². The van der Waals surface area contributed by atoms with E-state index in [1.807, 2.05) is 6.07 Å². The minimum absolute atomic E-state index is 0.0276. The van der Waals surface area contributed by atoms with Crippen LogP contribution in [0.1, 0.15) is 43.4 Å². The van der Waals surface area contributed by atoms with Gasteiger partial charge in [-0.15, -0.1) is 0 Å². The third-order valence-electron chi connectivity index (χ3n) is 7.59. The van der Waals surface area contributed by atoms with Gasteiger partial charge in [0.25, 0.3) is 11.7 Å². The molecule has 41 heavy (non-hydrogen) atoms. The number of ether oxygens (including phenoxy) is 5. The standard InChI is InChI=1S/C31H38N2O8/c1-3-4-14-39-23-8-6-21(19-25(23)37-2)28-27(29(34)22-7-9-24-26(20-22)41-18-17-40-24)30(35)31(36)33(28)11-5-10-32-12-15-38-16-13-32/h6-9,19-20,28,34H,3-5,10-18H2,1-2H3/b29-27+. The summed E-state index contributed by atoms with van der Waals surface area (Å²) in [4.78, 5) is 30.8. The van der Waals surface area contributed by atoms with E-state index in [4.69, 9.17) is 23.7 Å². The highest BCUT2D eigenvalue weighted by molar-refractivity contribution is 6.46. The van der Waals surface area contributed by atoms with E-state index >= 15 is 0 Å². The lowest BCUT2D eigenvalue weighted by Crippen LogP contribution is -2.39. The van der Waals surface area contributed by atoms with Crippen LogP contribution in [0.15, 0.2) is 42.0 Å². The summed E-state index contributed by atoms with van der Waals surface area (Å²) in [7, 11) is 1.56. The summed E-state index contributed by atoms with van der Waals surface area (Å²) in [5.41, 5.74) is 1.05. The molecule has 2 saturated heterocycles. The lowest BCUT2D eigenvalue weighted by molar-refractivity contribution is -0.140. The van der Waals surface area contributed by atoms with Crippen molar-refractivity contribution in [3.63, 3.8) is 0 Å². The number of likely N-dealkylation sites (tertiary alicyclic amines) is 1. The van der Waals surface area contributed by atoms with Gasteiger partial charge in [-0.1, -0.05) is 19.4 Å². The second kappa shape index (κ2) is 13.3. The van der Waals surface area contributed by atoms with E-state index in [0.717, 1.165) is 32.5 Å². The predicted octanol–water partition coefficient (Wildman–Crippen LogP) is 3.79. The lowest BCUT2D eigenvalue weighted by Gasteiger charge is -2.29. The number of unbranched alkanes of at least 4 members (excludes halogenated alkanes) is 1. The maximum absolute atomic E-state index is 13.5. The zero-order chi connectivity index (χ0) is 28.8. The average molecular weight is 567 g/mol. The Morgan fingerprint density at radius 3 is 2.49 bits per heavy atom.